The Balaban J connectivity index is 2.39. The van der Waals surface area contributed by atoms with Gasteiger partial charge in [0.1, 0.15) is 0 Å². The van der Waals surface area contributed by atoms with Crippen LogP contribution in [0.2, 0.25) is 19.6 Å². The number of halogens is 2. The maximum absolute atomic E-state index is 3.54. The fraction of sp³-hybridized carbons (Fsp3) is 0.333. The Morgan fingerprint density at radius 1 is 1.00 bits per heavy atom. The van der Waals surface area contributed by atoms with E-state index in [1.54, 1.807) is 0 Å². The van der Waals surface area contributed by atoms with Crippen LogP contribution in [0.15, 0.2) is 21.1 Å². The predicted octanol–water partition coefficient (Wildman–Crippen LogP) is 4.02. The molecule has 82 valence electrons. The van der Waals surface area contributed by atoms with E-state index in [4.69, 9.17) is 0 Å². The van der Waals surface area contributed by atoms with E-state index >= 15 is 0 Å². The highest BCUT2D eigenvalue weighted by molar-refractivity contribution is 9.11. The van der Waals surface area contributed by atoms with E-state index in [-0.39, 0.29) is 0 Å². The largest absolute Gasteiger partial charge is 0.305 e. The van der Waals surface area contributed by atoms with E-state index < -0.39 is 8.24 Å². The summed E-state index contributed by atoms with van der Waals surface area (Å²) in [7, 11) is -1.40. The highest BCUT2D eigenvalue weighted by Gasteiger charge is 2.31. The quantitative estimate of drug-likeness (QED) is 0.749. The summed E-state index contributed by atoms with van der Waals surface area (Å²) in [6.07, 6.45) is 0. The first-order valence-corrected chi connectivity index (χ1v) is 9.74. The molecule has 1 aliphatic heterocycles. The van der Waals surface area contributed by atoms with E-state index in [1.165, 1.54) is 0 Å². The van der Waals surface area contributed by atoms with Crippen LogP contribution >= 0.6 is 31.9 Å². The first-order chi connectivity index (χ1) is 6.89. The molecule has 0 aliphatic carbocycles. The van der Waals surface area contributed by atoms with E-state index in [1.807, 2.05) is 12.1 Å². The SMILES string of the molecule is C[Si](C)(C)N1Nc2c(Br)ccc(Br)c2N1. The molecule has 2 N–H and O–H groups in total. The zero-order valence-electron chi connectivity index (χ0n) is 8.86. The number of hydrogen-bond donors (Lipinski definition) is 2. The number of anilines is 2. The van der Waals surface area contributed by atoms with Crippen LogP contribution in [0.1, 0.15) is 0 Å². The Morgan fingerprint density at radius 2 is 1.40 bits per heavy atom. The monoisotopic (exact) mass is 349 g/mol. The van der Waals surface area contributed by atoms with Crippen molar-refractivity contribution in [3.05, 3.63) is 21.1 Å². The fourth-order valence-electron chi connectivity index (χ4n) is 1.36. The van der Waals surface area contributed by atoms with Gasteiger partial charge in [0.2, 0.25) is 0 Å². The lowest BCUT2D eigenvalue weighted by Crippen LogP contribution is -2.49. The van der Waals surface area contributed by atoms with E-state index in [0.717, 1.165) is 20.3 Å². The summed E-state index contributed by atoms with van der Waals surface area (Å²) in [4.78, 5) is 2.13. The standard InChI is InChI=1S/C9H13Br2N3Si/c1-15(2,3)14-12-8-6(10)4-5-7(11)9(8)13-14/h4-5,12-13H,1-3H3. The Kier molecular flexibility index (Phi) is 2.87. The molecular formula is C9H13Br2N3Si. The second kappa shape index (κ2) is 3.76. The van der Waals surface area contributed by atoms with Gasteiger partial charge in [-0.1, -0.05) is 19.6 Å². The molecule has 1 heterocycles. The average Bonchev–Trinajstić information content (AvgIpc) is 2.56. The third-order valence-electron chi connectivity index (χ3n) is 2.22. The van der Waals surface area contributed by atoms with Crippen LogP contribution in [0.25, 0.3) is 0 Å². The molecule has 0 radical (unpaired) electrons. The molecule has 2 rings (SSSR count). The molecule has 0 aromatic heterocycles. The molecule has 15 heavy (non-hydrogen) atoms. The zero-order chi connectivity index (χ0) is 11.2. The minimum atomic E-state index is -1.40. The maximum atomic E-state index is 3.54. The van der Waals surface area contributed by atoms with Gasteiger partial charge in [-0.2, -0.15) is 4.78 Å². The van der Waals surface area contributed by atoms with Gasteiger partial charge in [-0.3, -0.25) is 0 Å². The summed E-state index contributed by atoms with van der Waals surface area (Å²) >= 11 is 7.08. The highest BCUT2D eigenvalue weighted by atomic mass is 79.9. The van der Waals surface area contributed by atoms with Crippen LogP contribution in [-0.4, -0.2) is 13.0 Å². The topological polar surface area (TPSA) is 27.3 Å². The molecule has 3 nitrogen and oxygen atoms in total. The Hall–Kier alpha value is -0.0431. The number of hydrazine groups is 2. The Morgan fingerprint density at radius 3 is 1.73 bits per heavy atom. The number of rotatable bonds is 1. The van der Waals surface area contributed by atoms with Crippen molar-refractivity contribution in [2.45, 2.75) is 19.6 Å². The molecule has 0 fully saturated rings. The minimum absolute atomic E-state index is 1.08. The molecule has 0 saturated heterocycles. The van der Waals surface area contributed by atoms with E-state index in [2.05, 4.69) is 67.1 Å². The predicted molar refractivity (Wildman–Crippen MR) is 74.3 cm³/mol. The summed E-state index contributed by atoms with van der Waals surface area (Å²) in [6.45, 7) is 6.84. The molecule has 1 aromatic rings. The molecule has 1 aliphatic rings. The van der Waals surface area contributed by atoms with E-state index in [9.17, 15) is 0 Å². The third-order valence-corrected chi connectivity index (χ3v) is 5.11. The molecule has 0 spiro atoms. The molecule has 0 unspecified atom stereocenters. The van der Waals surface area contributed by atoms with Gasteiger partial charge in [-0.15, -0.1) is 0 Å². The summed E-state index contributed by atoms with van der Waals surface area (Å²) in [5.74, 6) is 0. The van der Waals surface area contributed by atoms with Crippen LogP contribution < -0.4 is 10.9 Å². The molecule has 1 aromatic carbocycles. The van der Waals surface area contributed by atoms with Crippen molar-refractivity contribution in [1.82, 2.24) is 4.78 Å². The maximum Gasteiger partial charge on any atom is 0.171 e. The number of nitrogens with zero attached hydrogens (tertiary/aromatic N) is 1. The third kappa shape index (κ3) is 2.08. The van der Waals surface area contributed by atoms with Gasteiger partial charge in [0, 0.05) is 8.95 Å². The van der Waals surface area contributed by atoms with Crippen molar-refractivity contribution < 1.29 is 0 Å². The number of benzene rings is 1. The lowest BCUT2D eigenvalue weighted by atomic mass is 10.3. The van der Waals surface area contributed by atoms with Crippen LogP contribution in [-0.2, 0) is 0 Å². The summed E-state index contributed by atoms with van der Waals surface area (Å²) in [6, 6.07) is 4.07. The summed E-state index contributed by atoms with van der Waals surface area (Å²) < 4.78 is 2.16. The molecule has 6 heteroatoms. The normalized spacial score (nSPS) is 15.8. The van der Waals surface area contributed by atoms with Gasteiger partial charge in [-0.05, 0) is 44.0 Å². The molecule has 0 amide bonds. The van der Waals surface area contributed by atoms with Gasteiger partial charge in [0.15, 0.2) is 8.24 Å². The van der Waals surface area contributed by atoms with Crippen molar-refractivity contribution in [3.63, 3.8) is 0 Å². The molecule has 0 atom stereocenters. The van der Waals surface area contributed by atoms with Gasteiger partial charge in [0.25, 0.3) is 0 Å². The highest BCUT2D eigenvalue weighted by Crippen LogP contribution is 2.41. The van der Waals surface area contributed by atoms with Crippen molar-refractivity contribution in [1.29, 1.82) is 0 Å². The lowest BCUT2D eigenvalue weighted by molar-refractivity contribution is 0.626. The average molecular weight is 351 g/mol. The summed E-state index contributed by atoms with van der Waals surface area (Å²) in [5.41, 5.74) is 8.99. The number of hydrogen-bond acceptors (Lipinski definition) is 3. The van der Waals surface area contributed by atoms with Gasteiger partial charge in [-0.25, -0.2) is 0 Å². The van der Waals surface area contributed by atoms with E-state index in [0.29, 0.717) is 0 Å². The van der Waals surface area contributed by atoms with Crippen LogP contribution in [0.4, 0.5) is 11.4 Å². The minimum Gasteiger partial charge on any atom is -0.305 e. The smallest absolute Gasteiger partial charge is 0.171 e. The van der Waals surface area contributed by atoms with Gasteiger partial charge in [0.05, 0.1) is 11.4 Å². The first kappa shape index (κ1) is 11.4. The fourth-order valence-corrected chi connectivity index (χ4v) is 3.09. The number of nitrogens with one attached hydrogen (secondary N) is 2. The second-order valence-electron chi connectivity index (χ2n) is 4.51. The first-order valence-electron chi connectivity index (χ1n) is 4.71. The Labute approximate surface area is 108 Å². The van der Waals surface area contributed by atoms with Crippen molar-refractivity contribution in [2.24, 2.45) is 0 Å². The van der Waals surface area contributed by atoms with Crippen LogP contribution in [0.5, 0.6) is 0 Å². The van der Waals surface area contributed by atoms with Crippen molar-refractivity contribution in [2.75, 3.05) is 10.9 Å². The lowest BCUT2D eigenvalue weighted by Gasteiger charge is -2.29. The Bertz CT molecular complexity index is 372. The van der Waals surface area contributed by atoms with Crippen molar-refractivity contribution >= 4 is 51.5 Å². The van der Waals surface area contributed by atoms with Crippen molar-refractivity contribution in [3.8, 4) is 0 Å². The van der Waals surface area contributed by atoms with Gasteiger partial charge < -0.3 is 10.9 Å². The van der Waals surface area contributed by atoms with Crippen LogP contribution in [0, 0.1) is 0 Å². The molecule has 0 saturated carbocycles. The number of fused-ring (bicyclic) bond motifs is 1. The molecule has 0 bridgehead atoms. The molecular weight excluding hydrogens is 338 g/mol. The second-order valence-corrected chi connectivity index (χ2v) is 11.0. The zero-order valence-corrected chi connectivity index (χ0v) is 13.0. The van der Waals surface area contributed by atoms with Crippen LogP contribution in [0.3, 0.4) is 0 Å². The summed E-state index contributed by atoms with van der Waals surface area (Å²) in [5, 5.41) is 0. The van der Waals surface area contributed by atoms with Gasteiger partial charge >= 0.3 is 0 Å².